The van der Waals surface area contributed by atoms with E-state index in [4.69, 9.17) is 4.72 Å². The molecule has 0 fully saturated rings. The Bertz CT molecular complexity index is 3410. The van der Waals surface area contributed by atoms with Crippen molar-refractivity contribution in [3.8, 4) is 55.6 Å². The highest BCUT2D eigenvalue weighted by atomic mass is 19.0. The second-order valence-corrected chi connectivity index (χ2v) is 21.4. The molecule has 0 aliphatic heterocycles. The Labute approximate surface area is 430 Å². The minimum absolute atomic E-state index is 0. The van der Waals surface area contributed by atoms with E-state index in [1.807, 2.05) is 0 Å². The Kier molecular flexibility index (Phi) is 10.9. The SMILES string of the molecule is CC1(C)c2cc(-c3ccc4c(c3)C(C)(C)c3cc(N(c5ccccc5)c5ccccc5)ccc3-4)ccc2-c2ccc(-c3ccc4c(c3)C(C)(C)c3cc(N(c5ccccc5)c5ccccc5)ccc3-4)cc21.F.[2H]F. The number of hydrogen-bond donors (Lipinski definition) is 0. The normalized spacial score (nSPS) is 14.4. The maximum absolute atomic E-state index is 8.75. The molecular weight excluding hydrogens is 895 g/mol. The molecule has 0 radical (unpaired) electrons. The number of anilines is 6. The zero-order chi connectivity index (χ0) is 50.2. The fraction of sp³-hybridized carbons (Fsp3) is 0.130. The van der Waals surface area contributed by atoms with E-state index in [-0.39, 0.29) is 20.9 Å². The van der Waals surface area contributed by atoms with Gasteiger partial charge in [-0.1, -0.05) is 175 Å². The van der Waals surface area contributed by atoms with Crippen LogP contribution in [0, 0.1) is 0 Å². The van der Waals surface area contributed by atoms with Gasteiger partial charge in [-0.25, -0.2) is 0 Å². The van der Waals surface area contributed by atoms with Crippen molar-refractivity contribution in [2.75, 3.05) is 9.80 Å². The van der Waals surface area contributed by atoms with E-state index in [1.165, 1.54) is 100 Å². The van der Waals surface area contributed by atoms with Gasteiger partial charge in [0.15, 0.2) is 0 Å². The molecule has 0 amide bonds. The molecule has 0 aromatic heterocycles. The smallest absolute Gasteiger partial charge is 0.269 e. The van der Waals surface area contributed by atoms with E-state index in [2.05, 4.69) is 283 Å². The number of rotatable bonds is 8. The van der Waals surface area contributed by atoms with Crippen LogP contribution in [-0.4, -0.2) is 1.45 Å². The van der Waals surface area contributed by atoms with Crippen molar-refractivity contribution in [2.45, 2.75) is 57.8 Å². The molecule has 10 aromatic rings. The van der Waals surface area contributed by atoms with Crippen LogP contribution < -0.4 is 9.80 Å². The first-order valence-corrected chi connectivity index (χ1v) is 25.2. The van der Waals surface area contributed by atoms with Crippen molar-refractivity contribution in [1.29, 1.82) is 1.45 Å². The molecule has 0 atom stereocenters. The Morgan fingerprint density at radius 1 is 0.247 bits per heavy atom. The summed E-state index contributed by atoms with van der Waals surface area (Å²) in [6, 6.07) is 85.6. The Hall–Kier alpha value is -8.34. The molecular formula is C69H58F2N2. The third-order valence-corrected chi connectivity index (χ3v) is 16.2. The first-order chi connectivity index (χ1) is 35.5. The van der Waals surface area contributed by atoms with Crippen LogP contribution in [0.2, 0.25) is 0 Å². The summed E-state index contributed by atoms with van der Waals surface area (Å²) in [5.41, 5.74) is 27.7. The minimum atomic E-state index is -0.178. The number of para-hydroxylation sites is 4. The molecule has 13 rings (SSSR count). The van der Waals surface area contributed by atoms with Crippen LogP contribution in [0.15, 0.2) is 231 Å². The maximum atomic E-state index is 8.75. The maximum Gasteiger partial charge on any atom is 0.269 e. The van der Waals surface area contributed by atoms with Crippen molar-refractivity contribution < 1.29 is 9.42 Å². The summed E-state index contributed by atoms with van der Waals surface area (Å²) in [6.07, 6.45) is 0. The zero-order valence-electron chi connectivity index (χ0n) is 43.1. The number of halogens is 2. The highest BCUT2D eigenvalue weighted by Crippen LogP contribution is 2.55. The number of benzene rings is 10. The van der Waals surface area contributed by atoms with Crippen LogP contribution in [0.1, 0.15) is 74.9 Å². The largest absolute Gasteiger partial charge is 0.310 e. The van der Waals surface area contributed by atoms with E-state index in [0.717, 1.165) is 22.7 Å². The Morgan fingerprint density at radius 2 is 0.452 bits per heavy atom. The minimum Gasteiger partial charge on any atom is -0.310 e. The molecule has 0 bridgehead atoms. The fourth-order valence-corrected chi connectivity index (χ4v) is 12.4. The van der Waals surface area contributed by atoms with E-state index in [1.54, 1.807) is 0 Å². The van der Waals surface area contributed by atoms with Crippen LogP contribution in [-0.2, 0) is 16.2 Å². The summed E-state index contributed by atoms with van der Waals surface area (Å²) < 4.78 is 13.0. The van der Waals surface area contributed by atoms with E-state index < -0.39 is 0 Å². The standard InChI is InChI=1S/C69H56N2.2FH/c1-67(2)61-39-45(47-29-35-57-59-37-31-53(43-65(59)68(3,4)63(57)41-47)70(49-19-11-7-12-20-49)50-21-13-8-14-22-50)27-33-55(61)56-34-28-46(40-62(56)67)48-30-36-58-60-38-32-54(44-66(60)69(5,6)64(58)42-48)71(51-23-15-9-16-24-51)52-25-17-10-18-26-52;;/h7-44H,1-6H3;2*1H/i/hD. The van der Waals surface area contributed by atoms with Gasteiger partial charge in [0.05, 0.1) is 0 Å². The van der Waals surface area contributed by atoms with E-state index in [9.17, 15) is 0 Å². The third-order valence-electron chi connectivity index (χ3n) is 16.2. The van der Waals surface area contributed by atoms with Crippen LogP contribution in [0.4, 0.5) is 43.5 Å². The topological polar surface area (TPSA) is 6.48 Å². The van der Waals surface area contributed by atoms with Crippen LogP contribution >= 0.6 is 0 Å². The van der Waals surface area contributed by atoms with Gasteiger partial charge in [-0.15, -0.1) is 0 Å². The second-order valence-electron chi connectivity index (χ2n) is 21.4. The number of nitrogens with zero attached hydrogens (tertiary/aromatic N) is 2. The molecule has 0 heterocycles. The summed E-state index contributed by atoms with van der Waals surface area (Å²) in [7, 11) is 0. The van der Waals surface area contributed by atoms with Gasteiger partial charge < -0.3 is 9.80 Å². The van der Waals surface area contributed by atoms with Gasteiger partial charge in [0.1, 0.15) is 0 Å². The highest BCUT2D eigenvalue weighted by Gasteiger charge is 2.40. The molecule has 358 valence electrons. The van der Waals surface area contributed by atoms with Crippen molar-refractivity contribution >= 4 is 34.1 Å². The number of fused-ring (bicyclic) bond motifs is 9. The van der Waals surface area contributed by atoms with Crippen molar-refractivity contribution in [3.05, 3.63) is 264 Å². The first-order valence-electron chi connectivity index (χ1n) is 25.5. The Morgan fingerprint density at radius 3 is 0.685 bits per heavy atom. The summed E-state index contributed by atoms with van der Waals surface area (Å²) in [5, 5.41) is 0. The van der Waals surface area contributed by atoms with Crippen molar-refractivity contribution in [2.24, 2.45) is 0 Å². The lowest BCUT2D eigenvalue weighted by atomic mass is 9.79. The predicted octanol–water partition coefficient (Wildman–Crippen LogP) is 19.2. The Balaban J connectivity index is 0.00000194. The van der Waals surface area contributed by atoms with Crippen molar-refractivity contribution in [3.63, 3.8) is 0 Å². The molecule has 0 unspecified atom stereocenters. The lowest BCUT2D eigenvalue weighted by Crippen LogP contribution is -2.17. The van der Waals surface area contributed by atoms with Gasteiger partial charge in [-0.2, -0.15) is 0 Å². The molecule has 0 saturated heterocycles. The molecule has 3 aliphatic carbocycles. The molecule has 0 N–H and O–H groups in total. The van der Waals surface area contributed by atoms with Crippen LogP contribution in [0.5, 0.6) is 0 Å². The summed E-state index contributed by atoms with van der Waals surface area (Å²) >= 11 is 0. The molecule has 0 spiro atoms. The zero-order valence-corrected chi connectivity index (χ0v) is 42.1. The van der Waals surface area contributed by atoms with Crippen LogP contribution in [0.25, 0.3) is 55.6 Å². The summed E-state index contributed by atoms with van der Waals surface area (Å²) in [4.78, 5) is 4.73. The molecule has 2 nitrogen and oxygen atoms in total. The number of hydrogen-bond acceptors (Lipinski definition) is 2. The van der Waals surface area contributed by atoms with Gasteiger partial charge in [0.25, 0.3) is 1.45 Å². The average Bonchev–Trinajstić information content (AvgIpc) is 3.92. The van der Waals surface area contributed by atoms with Gasteiger partial charge in [-0.3, -0.25) is 9.42 Å². The average molecular weight is 954 g/mol. The summed E-state index contributed by atoms with van der Waals surface area (Å²) in [5.74, 6) is 0. The lowest BCUT2D eigenvalue weighted by molar-refractivity contribution is 0.659. The first kappa shape index (κ1) is 45.8. The van der Waals surface area contributed by atoms with E-state index >= 15 is 0 Å². The molecule has 4 heteroatoms. The predicted molar refractivity (Wildman–Crippen MR) is 304 cm³/mol. The fourth-order valence-electron chi connectivity index (χ4n) is 12.4. The van der Waals surface area contributed by atoms with Gasteiger partial charge in [0, 0.05) is 50.4 Å². The molecule has 0 saturated carbocycles. The van der Waals surface area contributed by atoms with Crippen LogP contribution in [0.3, 0.4) is 0 Å². The molecule has 10 aromatic carbocycles. The summed E-state index contributed by atoms with van der Waals surface area (Å²) in [6.45, 7) is 14.4. The lowest BCUT2D eigenvalue weighted by Gasteiger charge is -2.28. The van der Waals surface area contributed by atoms with Gasteiger partial charge in [0.2, 0.25) is 0 Å². The quantitative estimate of drug-likeness (QED) is 0.150. The van der Waals surface area contributed by atoms with E-state index in [0.29, 0.717) is 0 Å². The van der Waals surface area contributed by atoms with Gasteiger partial charge in [-0.05, 0) is 186 Å². The monoisotopic (exact) mass is 953 g/mol. The molecule has 3 aliphatic rings. The molecule has 73 heavy (non-hydrogen) atoms. The second kappa shape index (κ2) is 17.5. The highest BCUT2D eigenvalue weighted by molar-refractivity contribution is 5.91. The van der Waals surface area contributed by atoms with Crippen molar-refractivity contribution in [1.82, 2.24) is 0 Å². The van der Waals surface area contributed by atoms with Gasteiger partial charge >= 0.3 is 0 Å². The third kappa shape index (κ3) is 7.33.